The lowest BCUT2D eigenvalue weighted by Gasteiger charge is -2.70. The summed E-state index contributed by atoms with van der Waals surface area (Å²) >= 11 is 0. The molecule has 0 aliphatic heterocycles. The number of fused-ring (bicyclic) bond motifs is 6. The smallest absolute Gasteiger partial charge is 0.0653 e. The zero-order valence-electron chi connectivity index (χ0n) is 27.2. The Hall–Kier alpha value is -0.600. The first kappa shape index (κ1) is 28.2. The molecule has 5 fully saturated rings. The third kappa shape index (κ3) is 3.60. The predicted molar refractivity (Wildman–Crippen MR) is 165 cm³/mol. The Balaban J connectivity index is 1.48. The van der Waals surface area contributed by atoms with Gasteiger partial charge >= 0.3 is 0 Å². The van der Waals surface area contributed by atoms with E-state index in [4.69, 9.17) is 0 Å². The van der Waals surface area contributed by atoms with Crippen LogP contribution in [0, 0.1) is 70.0 Å². The highest BCUT2D eigenvalue weighted by Crippen LogP contribution is 2.74. The third-order valence-corrected chi connectivity index (χ3v) is 15.4. The zero-order valence-corrected chi connectivity index (χ0v) is 27.2. The lowest BCUT2D eigenvalue weighted by Crippen LogP contribution is -2.65. The van der Waals surface area contributed by atoms with Gasteiger partial charge in [0.25, 0.3) is 0 Å². The van der Waals surface area contributed by atoms with Crippen LogP contribution in [-0.2, 0) is 0 Å². The van der Waals surface area contributed by atoms with Crippen LogP contribution in [0.3, 0.4) is 0 Å². The van der Waals surface area contributed by atoms with Crippen molar-refractivity contribution in [1.82, 2.24) is 0 Å². The number of hydrogen-bond acceptors (Lipinski definition) is 2. The molecule has 2 N–H and O–H groups in total. The van der Waals surface area contributed by atoms with E-state index in [2.05, 4.69) is 55.4 Å². The SMILES string of the molecule is CC(C)C1=C2C3CC4C(C)(O)CCCC4(C)C4CCC(C(C)C)=C(C5CC6C(C)(O)CCCC6(C)C(CC1)C25)C34. The van der Waals surface area contributed by atoms with E-state index in [1.165, 1.54) is 64.2 Å². The van der Waals surface area contributed by atoms with E-state index >= 15 is 0 Å². The van der Waals surface area contributed by atoms with Gasteiger partial charge in [-0.2, -0.15) is 0 Å². The molecule has 0 aromatic carbocycles. The van der Waals surface area contributed by atoms with E-state index in [0.29, 0.717) is 59.2 Å². The van der Waals surface area contributed by atoms with Crippen molar-refractivity contribution in [2.24, 2.45) is 70.0 Å². The van der Waals surface area contributed by atoms with Crippen LogP contribution in [0.15, 0.2) is 22.3 Å². The van der Waals surface area contributed by atoms with E-state index in [9.17, 15) is 10.2 Å². The van der Waals surface area contributed by atoms with Crippen molar-refractivity contribution in [2.45, 2.75) is 144 Å². The van der Waals surface area contributed by atoms with E-state index in [-0.39, 0.29) is 10.8 Å². The van der Waals surface area contributed by atoms with Crippen LogP contribution in [0.5, 0.6) is 0 Å². The molecule has 7 aliphatic carbocycles. The number of rotatable bonds is 2. The van der Waals surface area contributed by atoms with Gasteiger partial charge < -0.3 is 10.2 Å². The average Bonchev–Trinajstić information content (AvgIpc) is 2.86. The van der Waals surface area contributed by atoms with Gasteiger partial charge in [-0.1, -0.05) is 76.7 Å². The highest BCUT2D eigenvalue weighted by molar-refractivity contribution is 5.43. The second kappa shape index (κ2) is 8.97. The lowest BCUT2D eigenvalue weighted by molar-refractivity contribution is -0.186. The highest BCUT2D eigenvalue weighted by atomic mass is 16.3. The van der Waals surface area contributed by atoms with Crippen molar-refractivity contribution >= 4 is 0 Å². The molecule has 5 saturated carbocycles. The minimum absolute atomic E-state index is 0.246. The molecule has 0 radical (unpaired) electrons. The van der Waals surface area contributed by atoms with Crippen molar-refractivity contribution in [3.8, 4) is 0 Å². The summed E-state index contributed by atoms with van der Waals surface area (Å²) in [5, 5.41) is 24.0. The fourth-order valence-electron chi connectivity index (χ4n) is 14.0. The molecule has 0 heterocycles. The topological polar surface area (TPSA) is 40.5 Å². The van der Waals surface area contributed by atoms with Crippen molar-refractivity contribution in [1.29, 1.82) is 0 Å². The summed E-state index contributed by atoms with van der Waals surface area (Å²) in [7, 11) is 0. The average molecular weight is 549 g/mol. The molecule has 12 atom stereocenters. The van der Waals surface area contributed by atoms with Gasteiger partial charge in [-0.3, -0.25) is 0 Å². The minimum Gasteiger partial charge on any atom is -0.390 e. The molecule has 0 aromatic heterocycles. The largest absolute Gasteiger partial charge is 0.390 e. The van der Waals surface area contributed by atoms with Gasteiger partial charge in [-0.15, -0.1) is 0 Å². The van der Waals surface area contributed by atoms with Gasteiger partial charge in [0.15, 0.2) is 0 Å². The summed E-state index contributed by atoms with van der Waals surface area (Å²) in [5.74, 6) is 6.06. The zero-order chi connectivity index (χ0) is 28.6. The number of aliphatic hydroxyl groups is 2. The Morgan fingerprint density at radius 2 is 0.975 bits per heavy atom. The molecule has 7 rings (SSSR count). The van der Waals surface area contributed by atoms with Crippen LogP contribution < -0.4 is 0 Å². The van der Waals surface area contributed by atoms with Gasteiger partial charge in [0.1, 0.15) is 0 Å². The quantitative estimate of drug-likeness (QED) is 0.338. The Labute approximate surface area is 245 Å². The normalized spacial score (nSPS) is 53.7. The monoisotopic (exact) mass is 548 g/mol. The highest BCUT2D eigenvalue weighted by Gasteiger charge is 2.68. The lowest BCUT2D eigenvalue weighted by atomic mass is 9.35. The molecule has 0 aromatic rings. The van der Waals surface area contributed by atoms with Gasteiger partial charge in [0.2, 0.25) is 0 Å². The van der Waals surface area contributed by atoms with Crippen LogP contribution in [0.4, 0.5) is 0 Å². The molecule has 2 nitrogen and oxygen atoms in total. The Morgan fingerprint density at radius 3 is 1.32 bits per heavy atom. The molecule has 40 heavy (non-hydrogen) atoms. The van der Waals surface area contributed by atoms with E-state index in [1.807, 2.05) is 22.3 Å². The fraction of sp³-hybridized carbons (Fsp3) is 0.895. The standard InChI is InChI=1S/C38H60O2/c1-21(2)23-11-13-27-33-26(20-30-35(27,5)15-9-18-38(30,8)40)32-24(22(3)4)12-14-28-34(32)25(31(23)33)19-29-36(28,6)16-10-17-37(29,7)39/h21-22,25-30,33-34,39-40H,9-20H2,1-8H3. The Bertz CT molecular complexity index is 1030. The maximum atomic E-state index is 12.0. The van der Waals surface area contributed by atoms with E-state index in [1.54, 1.807) is 0 Å². The number of hydrogen-bond donors (Lipinski definition) is 2. The predicted octanol–water partition coefficient (Wildman–Crippen LogP) is 9.11. The van der Waals surface area contributed by atoms with Crippen molar-refractivity contribution in [3.05, 3.63) is 22.3 Å². The minimum atomic E-state index is -0.532. The maximum absolute atomic E-state index is 12.0. The second-order valence-corrected chi connectivity index (χ2v) is 17.8. The van der Waals surface area contributed by atoms with Crippen LogP contribution in [0.1, 0.15) is 132 Å². The summed E-state index contributed by atoms with van der Waals surface area (Å²) in [6.45, 7) is 19.5. The molecule has 0 amide bonds. The molecule has 224 valence electrons. The number of allylic oxidation sites excluding steroid dienone is 4. The molecule has 2 heteroatoms. The third-order valence-electron chi connectivity index (χ3n) is 15.4. The van der Waals surface area contributed by atoms with Crippen LogP contribution in [-0.4, -0.2) is 21.4 Å². The Morgan fingerprint density at radius 1 is 0.600 bits per heavy atom. The summed E-state index contributed by atoms with van der Waals surface area (Å²) in [5.41, 5.74) is 6.88. The fourth-order valence-corrected chi connectivity index (χ4v) is 14.0. The molecule has 7 aliphatic rings. The van der Waals surface area contributed by atoms with Crippen molar-refractivity contribution in [3.63, 3.8) is 0 Å². The first-order valence-electron chi connectivity index (χ1n) is 17.6. The van der Waals surface area contributed by atoms with E-state index in [0.717, 1.165) is 12.8 Å². The van der Waals surface area contributed by atoms with Crippen LogP contribution in [0.25, 0.3) is 0 Å². The molecular formula is C38H60O2. The first-order valence-corrected chi connectivity index (χ1v) is 17.6. The summed E-state index contributed by atoms with van der Waals surface area (Å²) in [6.07, 6.45) is 14.5. The summed E-state index contributed by atoms with van der Waals surface area (Å²) < 4.78 is 0. The summed E-state index contributed by atoms with van der Waals surface area (Å²) in [4.78, 5) is 0. The molecule has 12 unspecified atom stereocenters. The maximum Gasteiger partial charge on any atom is 0.0653 e. The van der Waals surface area contributed by atoms with Gasteiger partial charge in [0, 0.05) is 0 Å². The van der Waals surface area contributed by atoms with Crippen molar-refractivity contribution < 1.29 is 10.2 Å². The van der Waals surface area contributed by atoms with Gasteiger partial charge in [-0.25, -0.2) is 0 Å². The second-order valence-electron chi connectivity index (χ2n) is 17.8. The first-order chi connectivity index (χ1) is 18.7. The Kier molecular flexibility index (Phi) is 6.32. The van der Waals surface area contributed by atoms with E-state index < -0.39 is 11.2 Å². The van der Waals surface area contributed by atoms with Crippen LogP contribution >= 0.6 is 0 Å². The molecule has 0 bridgehead atoms. The van der Waals surface area contributed by atoms with Crippen LogP contribution in [0.2, 0.25) is 0 Å². The molecule has 0 saturated heterocycles. The van der Waals surface area contributed by atoms with Crippen molar-refractivity contribution in [2.75, 3.05) is 0 Å². The summed E-state index contributed by atoms with van der Waals surface area (Å²) in [6, 6.07) is 0. The van der Waals surface area contributed by atoms with Gasteiger partial charge in [-0.05, 0) is 148 Å². The van der Waals surface area contributed by atoms with Gasteiger partial charge in [0.05, 0.1) is 11.2 Å². The molecular weight excluding hydrogens is 488 g/mol. The molecule has 0 spiro atoms.